The summed E-state index contributed by atoms with van der Waals surface area (Å²) < 4.78 is 7.35. The van der Waals surface area contributed by atoms with Crippen molar-refractivity contribution in [1.29, 1.82) is 0 Å². The van der Waals surface area contributed by atoms with Crippen LogP contribution in [0.25, 0.3) is 11.4 Å². The molecule has 0 aliphatic carbocycles. The molecule has 0 aliphatic heterocycles. The van der Waals surface area contributed by atoms with Crippen molar-refractivity contribution in [2.45, 2.75) is 84.8 Å². The molecule has 3 aromatic rings. The lowest BCUT2D eigenvalue weighted by atomic mass is 10.0. The lowest BCUT2D eigenvalue weighted by molar-refractivity contribution is 0.0600. The van der Waals surface area contributed by atoms with Gasteiger partial charge in [-0.25, -0.2) is 9.78 Å². The summed E-state index contributed by atoms with van der Waals surface area (Å²) >= 11 is 0. The predicted molar refractivity (Wildman–Crippen MR) is 148 cm³/mol. The second-order valence-corrected chi connectivity index (χ2v) is 9.55. The maximum Gasteiger partial charge on any atom is 0.337 e. The predicted octanol–water partition coefficient (Wildman–Crippen LogP) is 7.67. The van der Waals surface area contributed by atoms with E-state index in [1.54, 1.807) is 0 Å². The third kappa shape index (κ3) is 7.30. The zero-order valence-corrected chi connectivity index (χ0v) is 22.6. The number of rotatable bonds is 15. The van der Waals surface area contributed by atoms with Crippen LogP contribution in [0.4, 0.5) is 0 Å². The van der Waals surface area contributed by atoms with E-state index in [1.165, 1.54) is 36.8 Å². The van der Waals surface area contributed by atoms with Crippen molar-refractivity contribution in [1.82, 2.24) is 14.5 Å². The van der Waals surface area contributed by atoms with Crippen LogP contribution in [0.3, 0.4) is 0 Å². The highest BCUT2D eigenvalue weighted by atomic mass is 16.5. The van der Waals surface area contributed by atoms with E-state index in [4.69, 9.17) is 9.72 Å². The first-order chi connectivity index (χ1) is 17.6. The van der Waals surface area contributed by atoms with Crippen LogP contribution in [0.1, 0.15) is 93.4 Å². The number of methoxy groups -OCH3 is 1. The molecule has 0 bridgehead atoms. The lowest BCUT2D eigenvalue weighted by Gasteiger charge is -2.33. The molecule has 5 nitrogen and oxygen atoms in total. The molecule has 0 spiro atoms. The maximum atomic E-state index is 11.9. The molecule has 0 N–H and O–H groups in total. The number of hydrogen-bond acceptors (Lipinski definition) is 4. The highest BCUT2D eigenvalue weighted by Gasteiger charge is 2.25. The maximum absolute atomic E-state index is 11.9. The zero-order chi connectivity index (χ0) is 25.8. The summed E-state index contributed by atoms with van der Waals surface area (Å²) in [6.07, 6.45) is 10.2. The fourth-order valence-corrected chi connectivity index (χ4v) is 4.74. The molecular formula is C31H43N3O2. The summed E-state index contributed by atoms with van der Waals surface area (Å²) in [4.78, 5) is 19.5. The minimum absolute atomic E-state index is 0.290. The highest BCUT2D eigenvalue weighted by molar-refractivity contribution is 5.89. The van der Waals surface area contributed by atoms with Crippen molar-refractivity contribution in [3.05, 3.63) is 77.6 Å². The SMILES string of the molecule is CCCCC(c1cnc(-c2ccccc2)n1CCCC)N(CCCC)Cc1ccc(C(=O)OC)cc1. The van der Waals surface area contributed by atoms with Crippen molar-refractivity contribution in [3.63, 3.8) is 0 Å². The van der Waals surface area contributed by atoms with E-state index >= 15 is 0 Å². The first-order valence-corrected chi connectivity index (χ1v) is 13.6. The van der Waals surface area contributed by atoms with Crippen molar-refractivity contribution < 1.29 is 9.53 Å². The summed E-state index contributed by atoms with van der Waals surface area (Å²) in [7, 11) is 1.42. The van der Waals surface area contributed by atoms with Gasteiger partial charge in [-0.3, -0.25) is 4.90 Å². The molecule has 1 atom stereocenters. The Bertz CT molecular complexity index is 1040. The minimum atomic E-state index is -0.293. The molecule has 1 unspecified atom stereocenters. The summed E-state index contributed by atoms with van der Waals surface area (Å²) in [5.41, 5.74) is 4.29. The molecule has 36 heavy (non-hydrogen) atoms. The summed E-state index contributed by atoms with van der Waals surface area (Å²) in [6, 6.07) is 18.7. The summed E-state index contributed by atoms with van der Waals surface area (Å²) in [5.74, 6) is 0.775. The Morgan fingerprint density at radius 1 is 0.944 bits per heavy atom. The van der Waals surface area contributed by atoms with Gasteiger partial charge >= 0.3 is 5.97 Å². The molecule has 3 rings (SSSR count). The normalized spacial score (nSPS) is 12.1. The third-order valence-corrected chi connectivity index (χ3v) is 6.83. The molecule has 0 radical (unpaired) electrons. The van der Waals surface area contributed by atoms with Gasteiger partial charge in [0.1, 0.15) is 5.82 Å². The van der Waals surface area contributed by atoms with Crippen LogP contribution in [0.15, 0.2) is 60.8 Å². The van der Waals surface area contributed by atoms with Gasteiger partial charge in [0.05, 0.1) is 30.6 Å². The number of carbonyl (C=O) groups is 1. The van der Waals surface area contributed by atoms with Crippen LogP contribution in [0, 0.1) is 0 Å². The van der Waals surface area contributed by atoms with Gasteiger partial charge in [-0.05, 0) is 43.5 Å². The van der Waals surface area contributed by atoms with Crippen LogP contribution >= 0.6 is 0 Å². The van der Waals surface area contributed by atoms with E-state index in [0.29, 0.717) is 11.6 Å². The highest BCUT2D eigenvalue weighted by Crippen LogP contribution is 2.32. The fourth-order valence-electron chi connectivity index (χ4n) is 4.74. The number of nitrogens with zero attached hydrogens (tertiary/aromatic N) is 3. The van der Waals surface area contributed by atoms with Gasteiger partial charge in [0.25, 0.3) is 0 Å². The van der Waals surface area contributed by atoms with Crippen molar-refractivity contribution in [2.24, 2.45) is 0 Å². The molecule has 194 valence electrons. The Hall–Kier alpha value is -2.92. The van der Waals surface area contributed by atoms with E-state index in [2.05, 4.69) is 78.9 Å². The number of unbranched alkanes of at least 4 members (excludes halogenated alkanes) is 3. The van der Waals surface area contributed by atoms with Crippen molar-refractivity contribution in [2.75, 3.05) is 13.7 Å². The average molecular weight is 490 g/mol. The molecule has 0 saturated carbocycles. The first-order valence-electron chi connectivity index (χ1n) is 13.6. The van der Waals surface area contributed by atoms with Gasteiger partial charge < -0.3 is 9.30 Å². The molecule has 0 amide bonds. The van der Waals surface area contributed by atoms with E-state index in [-0.39, 0.29) is 5.97 Å². The number of benzene rings is 2. The Morgan fingerprint density at radius 3 is 2.28 bits per heavy atom. The topological polar surface area (TPSA) is 47.4 Å². The third-order valence-electron chi connectivity index (χ3n) is 6.83. The standard InChI is InChI=1S/C31H43N3O2/c1-5-8-16-28(29-23-32-30(34(29)22-10-7-3)26-14-12-11-13-15-26)33(21-9-6-2)24-25-17-19-27(20-18-25)31(35)36-4/h11-15,17-20,23,28H,5-10,16,21-22,24H2,1-4H3. The molecular weight excluding hydrogens is 446 g/mol. The van der Waals surface area contributed by atoms with Gasteiger partial charge in [0.2, 0.25) is 0 Å². The Balaban J connectivity index is 1.98. The van der Waals surface area contributed by atoms with E-state index in [9.17, 15) is 4.79 Å². The molecule has 2 aromatic carbocycles. The molecule has 1 aromatic heterocycles. The second kappa shape index (κ2) is 14.6. The molecule has 1 heterocycles. The lowest BCUT2D eigenvalue weighted by Crippen LogP contribution is -2.31. The van der Waals surface area contributed by atoms with Crippen LogP contribution in [-0.2, 0) is 17.8 Å². The fraction of sp³-hybridized carbons (Fsp3) is 0.484. The number of imidazole rings is 1. The number of carbonyl (C=O) groups excluding carboxylic acids is 1. The quantitative estimate of drug-likeness (QED) is 0.206. The van der Waals surface area contributed by atoms with E-state index in [0.717, 1.165) is 57.6 Å². The Kier molecular flexibility index (Phi) is 11.2. The molecule has 0 saturated heterocycles. The van der Waals surface area contributed by atoms with Crippen molar-refractivity contribution in [3.8, 4) is 11.4 Å². The second-order valence-electron chi connectivity index (χ2n) is 9.55. The van der Waals surface area contributed by atoms with Gasteiger partial charge in [0.15, 0.2) is 0 Å². The minimum Gasteiger partial charge on any atom is -0.465 e. The van der Waals surface area contributed by atoms with Gasteiger partial charge in [0, 0.05) is 18.7 Å². The number of aromatic nitrogens is 2. The number of ether oxygens (including phenoxy) is 1. The summed E-state index contributed by atoms with van der Waals surface area (Å²) in [5, 5.41) is 0. The largest absolute Gasteiger partial charge is 0.465 e. The van der Waals surface area contributed by atoms with Crippen LogP contribution in [0.2, 0.25) is 0 Å². The zero-order valence-electron chi connectivity index (χ0n) is 22.6. The van der Waals surface area contributed by atoms with Gasteiger partial charge in [-0.1, -0.05) is 88.9 Å². The summed E-state index contributed by atoms with van der Waals surface area (Å²) in [6.45, 7) is 9.62. The average Bonchev–Trinajstić information content (AvgIpc) is 3.34. The Labute approximate surface area is 217 Å². The molecule has 5 heteroatoms. The molecule has 0 fully saturated rings. The van der Waals surface area contributed by atoms with Crippen LogP contribution in [0.5, 0.6) is 0 Å². The number of hydrogen-bond donors (Lipinski definition) is 0. The first kappa shape index (κ1) is 27.7. The molecule has 0 aliphatic rings. The van der Waals surface area contributed by atoms with E-state index < -0.39 is 0 Å². The van der Waals surface area contributed by atoms with E-state index in [1.807, 2.05) is 12.1 Å². The smallest absolute Gasteiger partial charge is 0.337 e. The van der Waals surface area contributed by atoms with Crippen LogP contribution < -0.4 is 0 Å². The van der Waals surface area contributed by atoms with Crippen LogP contribution in [-0.4, -0.2) is 34.1 Å². The van der Waals surface area contributed by atoms with Crippen molar-refractivity contribution >= 4 is 5.97 Å². The van der Waals surface area contributed by atoms with Gasteiger partial charge in [-0.15, -0.1) is 0 Å². The number of esters is 1. The Morgan fingerprint density at radius 2 is 1.64 bits per heavy atom. The monoisotopic (exact) mass is 489 g/mol. The van der Waals surface area contributed by atoms with Gasteiger partial charge in [-0.2, -0.15) is 0 Å².